The van der Waals surface area contributed by atoms with Gasteiger partial charge in [-0.05, 0) is 68.1 Å². The van der Waals surface area contributed by atoms with Gasteiger partial charge >= 0.3 is 0 Å². The summed E-state index contributed by atoms with van der Waals surface area (Å²) in [5.41, 5.74) is 8.58. The Hall–Kier alpha value is -4.00. The molecule has 0 fully saturated rings. The molecule has 2 aromatic carbocycles. The second-order valence-corrected chi connectivity index (χ2v) is 9.73. The largest absolute Gasteiger partial charge is 0.361 e. The third-order valence-corrected chi connectivity index (χ3v) is 7.17. The van der Waals surface area contributed by atoms with Crippen molar-refractivity contribution in [1.29, 1.82) is 0 Å². The molecule has 0 saturated carbocycles. The van der Waals surface area contributed by atoms with E-state index in [2.05, 4.69) is 9.97 Å². The van der Waals surface area contributed by atoms with Crippen LogP contribution in [0.4, 0.5) is 14.6 Å². The van der Waals surface area contributed by atoms with Crippen molar-refractivity contribution >= 4 is 16.7 Å². The van der Waals surface area contributed by atoms with Crippen molar-refractivity contribution in [3.8, 4) is 16.9 Å². The number of halogens is 2. The first-order valence-electron chi connectivity index (χ1n) is 12.1. The number of aromatic amines is 1. The molecule has 0 amide bonds. The standard InChI is InChI=1S/C29H27F2N5/c1-16-12-23(31)29(33-14-16)35-11-9-24-21(15-35)28(36(34-24)27-17(2)6-5-7-18(27)3)25-20-8-10-32-26(20)19(4)13-22(25)30/h5-8,10,12-14,32H,9,11,15H2,1-4H3. The first kappa shape index (κ1) is 22.5. The zero-order valence-corrected chi connectivity index (χ0v) is 20.8. The highest BCUT2D eigenvalue weighted by molar-refractivity contribution is 5.97. The smallest absolute Gasteiger partial charge is 0.165 e. The summed E-state index contributed by atoms with van der Waals surface area (Å²) < 4.78 is 32.7. The molecule has 5 aromatic rings. The lowest BCUT2D eigenvalue weighted by Gasteiger charge is -2.28. The minimum atomic E-state index is -0.350. The topological polar surface area (TPSA) is 49.7 Å². The van der Waals surface area contributed by atoms with Gasteiger partial charge in [0.05, 0.1) is 17.1 Å². The molecule has 0 atom stereocenters. The summed E-state index contributed by atoms with van der Waals surface area (Å²) in [5.74, 6) is -0.337. The van der Waals surface area contributed by atoms with E-state index in [-0.39, 0.29) is 11.6 Å². The van der Waals surface area contributed by atoms with Crippen LogP contribution in [-0.2, 0) is 13.0 Å². The summed E-state index contributed by atoms with van der Waals surface area (Å²) >= 11 is 0. The number of hydrogen-bond acceptors (Lipinski definition) is 3. The van der Waals surface area contributed by atoms with Crippen LogP contribution in [0.3, 0.4) is 0 Å². The highest BCUT2D eigenvalue weighted by atomic mass is 19.1. The Balaban J connectivity index is 1.63. The molecule has 36 heavy (non-hydrogen) atoms. The van der Waals surface area contributed by atoms with Crippen LogP contribution >= 0.6 is 0 Å². The number of benzene rings is 2. The van der Waals surface area contributed by atoms with Gasteiger partial charge in [0.2, 0.25) is 0 Å². The average Bonchev–Trinajstić information content (AvgIpc) is 3.45. The van der Waals surface area contributed by atoms with E-state index in [0.717, 1.165) is 50.1 Å². The van der Waals surface area contributed by atoms with Crippen molar-refractivity contribution in [2.75, 3.05) is 11.4 Å². The fourth-order valence-electron chi connectivity index (χ4n) is 5.48. The number of pyridine rings is 1. The fourth-order valence-corrected chi connectivity index (χ4v) is 5.48. The van der Waals surface area contributed by atoms with Crippen LogP contribution < -0.4 is 4.90 Å². The lowest BCUT2D eigenvalue weighted by molar-refractivity contribution is 0.598. The summed E-state index contributed by atoms with van der Waals surface area (Å²) in [5, 5.41) is 5.84. The Kier molecular flexibility index (Phi) is 5.18. The molecular formula is C29H27F2N5. The maximum Gasteiger partial charge on any atom is 0.165 e. The molecule has 0 aliphatic carbocycles. The van der Waals surface area contributed by atoms with Gasteiger partial charge in [0.25, 0.3) is 0 Å². The molecule has 0 saturated heterocycles. The van der Waals surface area contributed by atoms with Gasteiger partial charge in [-0.15, -0.1) is 0 Å². The van der Waals surface area contributed by atoms with Gasteiger partial charge in [-0.3, -0.25) is 0 Å². The molecule has 0 spiro atoms. The maximum absolute atomic E-state index is 15.9. The van der Waals surface area contributed by atoms with Gasteiger partial charge in [-0.2, -0.15) is 5.10 Å². The fraction of sp³-hybridized carbons (Fsp3) is 0.241. The maximum atomic E-state index is 15.9. The Morgan fingerprint density at radius 3 is 2.47 bits per heavy atom. The summed E-state index contributed by atoms with van der Waals surface area (Å²) in [6.07, 6.45) is 4.13. The normalized spacial score (nSPS) is 13.4. The Bertz CT molecular complexity index is 1630. The molecule has 1 aliphatic heterocycles. The van der Waals surface area contributed by atoms with Crippen LogP contribution in [0, 0.1) is 39.3 Å². The lowest BCUT2D eigenvalue weighted by Crippen LogP contribution is -2.31. The van der Waals surface area contributed by atoms with Crippen LogP contribution in [0.25, 0.3) is 27.8 Å². The minimum absolute atomic E-state index is 0.299. The van der Waals surface area contributed by atoms with Crippen LogP contribution in [0.1, 0.15) is 33.5 Å². The molecule has 1 N–H and O–H groups in total. The van der Waals surface area contributed by atoms with E-state index in [0.29, 0.717) is 36.6 Å². The lowest BCUT2D eigenvalue weighted by atomic mass is 9.96. The van der Waals surface area contributed by atoms with Gasteiger partial charge in [0, 0.05) is 53.9 Å². The molecule has 4 heterocycles. The second-order valence-electron chi connectivity index (χ2n) is 9.73. The quantitative estimate of drug-likeness (QED) is 0.319. The molecule has 0 bridgehead atoms. The highest BCUT2D eigenvalue weighted by Crippen LogP contribution is 2.40. The predicted molar refractivity (Wildman–Crippen MR) is 139 cm³/mol. The molecule has 0 radical (unpaired) electrons. The van der Waals surface area contributed by atoms with E-state index < -0.39 is 0 Å². The SMILES string of the molecule is Cc1cnc(N2CCc3nn(-c4c(C)cccc4C)c(-c4c(F)cc(C)c5[nH]ccc45)c3C2)c(F)c1. The highest BCUT2D eigenvalue weighted by Gasteiger charge is 2.31. The van der Waals surface area contributed by atoms with Crippen LogP contribution in [0.5, 0.6) is 0 Å². The third kappa shape index (κ3) is 3.41. The number of nitrogens with one attached hydrogen (secondary N) is 1. The Morgan fingerprint density at radius 2 is 1.72 bits per heavy atom. The van der Waals surface area contributed by atoms with Crippen LogP contribution in [0.15, 0.2) is 48.8 Å². The first-order valence-corrected chi connectivity index (χ1v) is 12.1. The molecule has 182 valence electrons. The van der Waals surface area contributed by atoms with Crippen molar-refractivity contribution < 1.29 is 8.78 Å². The third-order valence-electron chi connectivity index (χ3n) is 7.17. The van der Waals surface area contributed by atoms with Gasteiger partial charge in [-0.1, -0.05) is 18.2 Å². The Labute approximate surface area is 208 Å². The number of rotatable bonds is 3. The first-order chi connectivity index (χ1) is 17.3. The van der Waals surface area contributed by atoms with E-state index in [1.54, 1.807) is 12.3 Å². The van der Waals surface area contributed by atoms with Crippen molar-refractivity contribution in [2.45, 2.75) is 40.7 Å². The number of nitrogens with zero attached hydrogens (tertiary/aromatic N) is 4. The zero-order chi connectivity index (χ0) is 25.1. The van der Waals surface area contributed by atoms with Gasteiger partial charge in [0.15, 0.2) is 11.6 Å². The second kappa shape index (κ2) is 8.29. The molecule has 0 unspecified atom stereocenters. The number of hydrogen-bond donors (Lipinski definition) is 1. The van der Waals surface area contributed by atoms with Gasteiger partial charge in [0.1, 0.15) is 5.82 Å². The molecule has 1 aliphatic rings. The summed E-state index contributed by atoms with van der Waals surface area (Å²) in [6, 6.07) is 11.1. The minimum Gasteiger partial charge on any atom is -0.361 e. The number of para-hydroxylation sites is 1. The zero-order valence-electron chi connectivity index (χ0n) is 20.8. The summed E-state index contributed by atoms with van der Waals surface area (Å²) in [7, 11) is 0. The van der Waals surface area contributed by atoms with E-state index in [4.69, 9.17) is 5.10 Å². The number of aromatic nitrogens is 4. The predicted octanol–water partition coefficient (Wildman–Crippen LogP) is 6.49. The number of H-pyrrole nitrogens is 1. The monoisotopic (exact) mass is 483 g/mol. The van der Waals surface area contributed by atoms with Crippen molar-refractivity contribution in [2.24, 2.45) is 0 Å². The molecule has 7 heteroatoms. The average molecular weight is 484 g/mol. The van der Waals surface area contributed by atoms with Gasteiger partial charge in [-0.25, -0.2) is 18.4 Å². The number of fused-ring (bicyclic) bond motifs is 2. The van der Waals surface area contributed by atoms with Crippen molar-refractivity contribution in [3.63, 3.8) is 0 Å². The van der Waals surface area contributed by atoms with E-state index in [1.807, 2.05) is 67.7 Å². The number of anilines is 1. The van der Waals surface area contributed by atoms with E-state index in [9.17, 15) is 4.39 Å². The molecule has 5 nitrogen and oxygen atoms in total. The van der Waals surface area contributed by atoms with Crippen molar-refractivity contribution in [3.05, 3.63) is 93.9 Å². The molecule has 3 aromatic heterocycles. The number of aryl methyl sites for hydroxylation is 4. The van der Waals surface area contributed by atoms with Gasteiger partial charge < -0.3 is 9.88 Å². The Morgan fingerprint density at radius 1 is 0.944 bits per heavy atom. The summed E-state index contributed by atoms with van der Waals surface area (Å²) in [4.78, 5) is 9.57. The van der Waals surface area contributed by atoms with Crippen molar-refractivity contribution in [1.82, 2.24) is 19.7 Å². The van der Waals surface area contributed by atoms with Crippen LogP contribution in [-0.4, -0.2) is 26.3 Å². The van der Waals surface area contributed by atoms with Crippen LogP contribution in [0.2, 0.25) is 0 Å². The molecular weight excluding hydrogens is 456 g/mol. The van der Waals surface area contributed by atoms with E-state index in [1.165, 1.54) is 6.07 Å². The molecule has 6 rings (SSSR count). The van der Waals surface area contributed by atoms with E-state index >= 15 is 4.39 Å². The summed E-state index contributed by atoms with van der Waals surface area (Å²) in [6.45, 7) is 8.78.